The highest BCUT2D eigenvalue weighted by Crippen LogP contribution is 2.23. The van der Waals surface area contributed by atoms with Gasteiger partial charge >= 0.3 is 0 Å². The van der Waals surface area contributed by atoms with E-state index in [1.807, 2.05) is 17.5 Å². The molecule has 0 saturated carbocycles. The number of ether oxygens (including phenoxy) is 1. The number of rotatable bonds is 6. The van der Waals surface area contributed by atoms with Gasteiger partial charge in [-0.25, -0.2) is 0 Å². The second-order valence-electron chi connectivity index (χ2n) is 5.05. The number of hydrogen-bond acceptors (Lipinski definition) is 6. The summed E-state index contributed by atoms with van der Waals surface area (Å²) in [7, 11) is 0. The van der Waals surface area contributed by atoms with E-state index in [0.29, 0.717) is 11.8 Å². The number of aromatic nitrogens is 2. The molecule has 3 rings (SSSR count). The van der Waals surface area contributed by atoms with Crippen molar-refractivity contribution in [3.8, 4) is 10.8 Å². The summed E-state index contributed by atoms with van der Waals surface area (Å²) in [5.74, 6) is 2.02. The summed E-state index contributed by atoms with van der Waals surface area (Å²) in [4.78, 5) is 7.85. The lowest BCUT2D eigenvalue weighted by atomic mass is 10.1. The van der Waals surface area contributed by atoms with E-state index in [9.17, 15) is 0 Å². The first-order valence-corrected chi connectivity index (χ1v) is 7.89. The summed E-state index contributed by atoms with van der Waals surface area (Å²) >= 11 is 1.61. The van der Waals surface area contributed by atoms with Crippen LogP contribution in [0.15, 0.2) is 22.0 Å². The Morgan fingerprint density at radius 1 is 1.50 bits per heavy atom. The van der Waals surface area contributed by atoms with E-state index < -0.39 is 0 Å². The van der Waals surface area contributed by atoms with E-state index in [0.717, 1.165) is 50.0 Å². The summed E-state index contributed by atoms with van der Waals surface area (Å²) in [5, 5.41) is 6.09. The summed E-state index contributed by atoms with van der Waals surface area (Å²) in [6, 6.07) is 3.98. The molecule has 0 spiro atoms. The van der Waals surface area contributed by atoms with Crippen LogP contribution in [0, 0.1) is 5.92 Å². The van der Waals surface area contributed by atoms with Crippen molar-refractivity contribution in [2.75, 3.05) is 26.3 Å². The maximum Gasteiger partial charge on any atom is 0.268 e. The van der Waals surface area contributed by atoms with Gasteiger partial charge in [0.15, 0.2) is 5.82 Å². The first kappa shape index (κ1) is 13.7. The summed E-state index contributed by atoms with van der Waals surface area (Å²) in [6.07, 6.45) is 1.16. The number of hydrogen-bond donors (Lipinski definition) is 0. The van der Waals surface area contributed by atoms with Crippen molar-refractivity contribution in [1.82, 2.24) is 15.0 Å². The van der Waals surface area contributed by atoms with Crippen molar-refractivity contribution < 1.29 is 9.26 Å². The first-order chi connectivity index (χ1) is 9.85. The molecule has 0 bridgehead atoms. The Balaban J connectivity index is 1.60. The van der Waals surface area contributed by atoms with E-state index in [1.165, 1.54) is 0 Å². The second-order valence-corrected chi connectivity index (χ2v) is 6.00. The van der Waals surface area contributed by atoms with Crippen molar-refractivity contribution in [1.29, 1.82) is 0 Å². The highest BCUT2D eigenvalue weighted by molar-refractivity contribution is 7.13. The van der Waals surface area contributed by atoms with E-state index >= 15 is 0 Å². The van der Waals surface area contributed by atoms with E-state index in [-0.39, 0.29) is 0 Å². The number of nitrogens with zero attached hydrogens (tertiary/aromatic N) is 3. The van der Waals surface area contributed by atoms with Gasteiger partial charge in [-0.2, -0.15) is 4.98 Å². The van der Waals surface area contributed by atoms with Crippen LogP contribution in [0.5, 0.6) is 0 Å². The van der Waals surface area contributed by atoms with Crippen LogP contribution in [0.1, 0.15) is 19.2 Å². The molecule has 0 N–H and O–H groups in total. The lowest BCUT2D eigenvalue weighted by Crippen LogP contribution is -2.29. The minimum Gasteiger partial charge on any atom is -0.381 e. The molecule has 108 valence electrons. The van der Waals surface area contributed by atoms with Crippen LogP contribution in [-0.4, -0.2) is 41.3 Å². The lowest BCUT2D eigenvalue weighted by Gasteiger charge is -2.21. The highest BCUT2D eigenvalue weighted by Gasteiger charge is 2.20. The Morgan fingerprint density at radius 3 is 3.15 bits per heavy atom. The molecule has 2 aromatic heterocycles. The van der Waals surface area contributed by atoms with Gasteiger partial charge in [0, 0.05) is 13.2 Å². The molecule has 2 aromatic rings. The third-order valence-electron chi connectivity index (χ3n) is 3.55. The monoisotopic (exact) mass is 293 g/mol. The Kier molecular flexibility index (Phi) is 4.44. The van der Waals surface area contributed by atoms with Gasteiger partial charge in [-0.15, -0.1) is 11.3 Å². The van der Waals surface area contributed by atoms with Gasteiger partial charge in [0.1, 0.15) is 0 Å². The minimum absolute atomic E-state index is 0.621. The fourth-order valence-corrected chi connectivity index (χ4v) is 3.06. The van der Waals surface area contributed by atoms with Crippen LogP contribution in [0.25, 0.3) is 10.8 Å². The zero-order chi connectivity index (χ0) is 13.8. The van der Waals surface area contributed by atoms with Crippen molar-refractivity contribution in [3.63, 3.8) is 0 Å². The molecule has 1 saturated heterocycles. The molecule has 1 atom stereocenters. The summed E-state index contributed by atoms with van der Waals surface area (Å²) in [5.41, 5.74) is 0. The molecule has 0 aliphatic carbocycles. The van der Waals surface area contributed by atoms with Gasteiger partial charge in [-0.05, 0) is 30.3 Å². The predicted molar refractivity (Wildman–Crippen MR) is 77.5 cm³/mol. The average Bonchev–Trinajstić information content (AvgIpc) is 3.20. The Bertz CT molecular complexity index is 520. The normalized spacial score (nSPS) is 19.0. The van der Waals surface area contributed by atoms with E-state index in [1.54, 1.807) is 11.3 Å². The SMILES string of the molecule is CCN(Cc1noc(-c2cccs2)n1)C[C@@H]1CCOC1. The van der Waals surface area contributed by atoms with Crippen LogP contribution >= 0.6 is 11.3 Å². The average molecular weight is 293 g/mol. The molecular formula is C14H19N3O2S. The van der Waals surface area contributed by atoms with Crippen LogP contribution in [0.3, 0.4) is 0 Å². The Labute approximate surface area is 122 Å². The van der Waals surface area contributed by atoms with Gasteiger partial charge in [0.05, 0.1) is 18.0 Å². The summed E-state index contributed by atoms with van der Waals surface area (Å²) in [6.45, 7) is 6.70. The predicted octanol–water partition coefficient (Wildman–Crippen LogP) is 2.66. The first-order valence-electron chi connectivity index (χ1n) is 7.01. The largest absolute Gasteiger partial charge is 0.381 e. The molecule has 0 aromatic carbocycles. The molecule has 0 radical (unpaired) electrons. The Morgan fingerprint density at radius 2 is 2.45 bits per heavy atom. The van der Waals surface area contributed by atoms with Gasteiger partial charge in [0.25, 0.3) is 5.89 Å². The smallest absolute Gasteiger partial charge is 0.268 e. The molecule has 5 nitrogen and oxygen atoms in total. The molecule has 1 aliphatic rings. The molecule has 20 heavy (non-hydrogen) atoms. The maximum absolute atomic E-state index is 5.43. The zero-order valence-corrected chi connectivity index (χ0v) is 12.4. The topological polar surface area (TPSA) is 51.4 Å². The minimum atomic E-state index is 0.621. The van der Waals surface area contributed by atoms with Gasteiger partial charge in [0.2, 0.25) is 0 Å². The van der Waals surface area contributed by atoms with Crippen molar-refractivity contribution in [2.45, 2.75) is 19.9 Å². The summed E-state index contributed by atoms with van der Waals surface area (Å²) < 4.78 is 10.8. The van der Waals surface area contributed by atoms with Crippen molar-refractivity contribution >= 4 is 11.3 Å². The molecular weight excluding hydrogens is 274 g/mol. The van der Waals surface area contributed by atoms with E-state index in [2.05, 4.69) is 22.0 Å². The second kappa shape index (κ2) is 6.47. The molecule has 6 heteroatoms. The third kappa shape index (κ3) is 3.26. The third-order valence-corrected chi connectivity index (χ3v) is 4.41. The van der Waals surface area contributed by atoms with Crippen LogP contribution < -0.4 is 0 Å². The fourth-order valence-electron chi connectivity index (χ4n) is 2.42. The van der Waals surface area contributed by atoms with Gasteiger partial charge in [-0.1, -0.05) is 18.1 Å². The molecule has 3 heterocycles. The van der Waals surface area contributed by atoms with Crippen molar-refractivity contribution in [3.05, 3.63) is 23.3 Å². The number of thiophene rings is 1. The van der Waals surface area contributed by atoms with Crippen LogP contribution in [-0.2, 0) is 11.3 Å². The molecule has 0 amide bonds. The zero-order valence-electron chi connectivity index (χ0n) is 11.6. The lowest BCUT2D eigenvalue weighted by molar-refractivity contribution is 0.165. The van der Waals surface area contributed by atoms with E-state index in [4.69, 9.17) is 9.26 Å². The quantitative estimate of drug-likeness (QED) is 0.819. The van der Waals surface area contributed by atoms with Gasteiger partial charge < -0.3 is 9.26 Å². The molecule has 0 unspecified atom stereocenters. The fraction of sp³-hybridized carbons (Fsp3) is 0.571. The van der Waals surface area contributed by atoms with Crippen LogP contribution in [0.4, 0.5) is 0 Å². The standard InChI is InChI=1S/C14H19N3O2S/c1-2-17(8-11-5-6-18-10-11)9-13-15-14(19-16-13)12-4-3-7-20-12/h3-4,7,11H,2,5-6,8-10H2,1H3/t11-/m0/s1. The van der Waals surface area contributed by atoms with Crippen molar-refractivity contribution in [2.24, 2.45) is 5.92 Å². The highest BCUT2D eigenvalue weighted by atomic mass is 32.1. The van der Waals surface area contributed by atoms with Gasteiger partial charge in [-0.3, -0.25) is 4.90 Å². The molecule has 1 fully saturated rings. The maximum atomic E-state index is 5.43. The van der Waals surface area contributed by atoms with Crippen LogP contribution in [0.2, 0.25) is 0 Å². The Hall–Kier alpha value is -1.24. The molecule has 1 aliphatic heterocycles.